The molecule has 0 fully saturated rings. The highest BCUT2D eigenvalue weighted by Gasteiger charge is 2.27. The fourth-order valence-electron chi connectivity index (χ4n) is 2.29. The molecular formula is C15H14N4O. The monoisotopic (exact) mass is 266 g/mol. The second-order valence-electron chi connectivity index (χ2n) is 4.57. The van der Waals surface area contributed by atoms with Gasteiger partial charge < -0.3 is 10.6 Å². The first-order valence-electron chi connectivity index (χ1n) is 6.29. The summed E-state index contributed by atoms with van der Waals surface area (Å²) in [5, 5.41) is 0. The van der Waals surface area contributed by atoms with E-state index >= 15 is 0 Å². The molecule has 0 saturated carbocycles. The van der Waals surface area contributed by atoms with Gasteiger partial charge in [0.2, 0.25) is 0 Å². The van der Waals surface area contributed by atoms with Crippen molar-refractivity contribution in [2.24, 2.45) is 10.7 Å². The molecule has 0 aliphatic carbocycles. The molecule has 0 radical (unpaired) electrons. The third-order valence-corrected chi connectivity index (χ3v) is 3.33. The highest BCUT2D eigenvalue weighted by molar-refractivity contribution is 6.19. The van der Waals surface area contributed by atoms with Gasteiger partial charge in [-0.2, -0.15) is 0 Å². The van der Waals surface area contributed by atoms with Crippen LogP contribution in [0.15, 0.2) is 53.8 Å². The molecule has 3 rings (SSSR count). The molecule has 1 aliphatic heterocycles. The lowest BCUT2D eigenvalue weighted by Crippen LogP contribution is -2.39. The number of nitrogens with two attached hydrogens (primary N) is 1. The number of aliphatic imine (C=N–C) groups is 1. The molecule has 100 valence electrons. The summed E-state index contributed by atoms with van der Waals surface area (Å²) in [6, 6.07) is 11.4. The van der Waals surface area contributed by atoms with Gasteiger partial charge >= 0.3 is 0 Å². The normalized spacial score (nSPS) is 18.3. The number of para-hydroxylation sites is 1. The number of pyridine rings is 1. The first-order valence-corrected chi connectivity index (χ1v) is 6.29. The summed E-state index contributed by atoms with van der Waals surface area (Å²) >= 11 is 0. The van der Waals surface area contributed by atoms with Crippen LogP contribution in [0.4, 0.5) is 5.69 Å². The van der Waals surface area contributed by atoms with E-state index in [4.69, 9.17) is 5.73 Å². The van der Waals surface area contributed by atoms with E-state index in [0.29, 0.717) is 5.71 Å². The van der Waals surface area contributed by atoms with Gasteiger partial charge in [0.1, 0.15) is 0 Å². The molecule has 1 aliphatic rings. The van der Waals surface area contributed by atoms with Crippen molar-refractivity contribution in [3.8, 4) is 0 Å². The van der Waals surface area contributed by atoms with E-state index in [9.17, 15) is 4.79 Å². The van der Waals surface area contributed by atoms with Gasteiger partial charge in [0.05, 0.1) is 11.4 Å². The summed E-state index contributed by atoms with van der Waals surface area (Å²) in [4.78, 5) is 22.1. The zero-order chi connectivity index (χ0) is 14.1. The fourth-order valence-corrected chi connectivity index (χ4v) is 2.29. The highest BCUT2D eigenvalue weighted by Crippen LogP contribution is 2.26. The van der Waals surface area contributed by atoms with Crippen LogP contribution in [-0.2, 0) is 4.79 Å². The molecule has 1 aromatic heterocycles. The zero-order valence-electron chi connectivity index (χ0n) is 11.0. The van der Waals surface area contributed by atoms with E-state index in [1.807, 2.05) is 36.4 Å². The van der Waals surface area contributed by atoms with Crippen molar-refractivity contribution in [3.05, 3.63) is 59.9 Å². The van der Waals surface area contributed by atoms with E-state index in [2.05, 4.69) is 9.98 Å². The first kappa shape index (κ1) is 12.5. The SMILES string of the molecule is CN1C(=O)C(N)N=C(c2ccncc2)c2ccccc21. The van der Waals surface area contributed by atoms with E-state index in [0.717, 1.165) is 16.8 Å². The van der Waals surface area contributed by atoms with E-state index in [1.54, 1.807) is 24.3 Å². The third-order valence-electron chi connectivity index (χ3n) is 3.33. The molecule has 0 saturated heterocycles. The number of carbonyl (C=O) groups excluding carboxylic acids is 1. The van der Waals surface area contributed by atoms with Crippen LogP contribution in [0.25, 0.3) is 0 Å². The summed E-state index contributed by atoms with van der Waals surface area (Å²) in [6.45, 7) is 0. The Bertz CT molecular complexity index is 681. The van der Waals surface area contributed by atoms with Crippen LogP contribution in [0.2, 0.25) is 0 Å². The number of nitrogens with zero attached hydrogens (tertiary/aromatic N) is 3. The number of carbonyl (C=O) groups is 1. The number of amides is 1. The quantitative estimate of drug-likeness (QED) is 0.842. The number of hydrogen-bond acceptors (Lipinski definition) is 4. The average molecular weight is 266 g/mol. The van der Waals surface area contributed by atoms with Crippen LogP contribution in [-0.4, -0.2) is 29.8 Å². The molecule has 2 N–H and O–H groups in total. The van der Waals surface area contributed by atoms with Crippen LogP contribution < -0.4 is 10.6 Å². The standard InChI is InChI=1S/C15H14N4O/c1-19-12-5-3-2-4-11(12)13(18-14(16)15(19)20)10-6-8-17-9-7-10/h2-9,14H,16H2,1H3. The maximum atomic E-state index is 12.2. The number of hydrogen-bond donors (Lipinski definition) is 1. The average Bonchev–Trinajstić information content (AvgIpc) is 2.60. The van der Waals surface area contributed by atoms with Gasteiger partial charge in [0.25, 0.3) is 5.91 Å². The second kappa shape index (κ2) is 4.86. The summed E-state index contributed by atoms with van der Waals surface area (Å²) in [6.07, 6.45) is 2.50. The summed E-state index contributed by atoms with van der Waals surface area (Å²) in [7, 11) is 1.71. The van der Waals surface area contributed by atoms with Gasteiger partial charge in [-0.05, 0) is 18.2 Å². The summed E-state index contributed by atoms with van der Waals surface area (Å²) in [5.74, 6) is -0.221. The van der Waals surface area contributed by atoms with Crippen LogP contribution in [0.1, 0.15) is 11.1 Å². The molecule has 2 aromatic rings. The Morgan fingerprint density at radius 1 is 1.15 bits per heavy atom. The molecule has 5 nitrogen and oxygen atoms in total. The Kier molecular flexibility index (Phi) is 3.04. The van der Waals surface area contributed by atoms with Gasteiger partial charge in [-0.15, -0.1) is 0 Å². The largest absolute Gasteiger partial charge is 0.312 e. The maximum absolute atomic E-state index is 12.2. The van der Waals surface area contributed by atoms with Gasteiger partial charge in [0, 0.05) is 30.6 Å². The number of benzene rings is 1. The van der Waals surface area contributed by atoms with Crippen LogP contribution in [0, 0.1) is 0 Å². The molecule has 1 aromatic carbocycles. The molecule has 1 atom stereocenters. The van der Waals surface area contributed by atoms with Crippen LogP contribution in [0.3, 0.4) is 0 Å². The smallest absolute Gasteiger partial charge is 0.266 e. The molecule has 0 bridgehead atoms. The van der Waals surface area contributed by atoms with Crippen molar-refractivity contribution in [1.82, 2.24) is 4.98 Å². The molecule has 1 unspecified atom stereocenters. The molecule has 20 heavy (non-hydrogen) atoms. The first-order chi connectivity index (χ1) is 9.68. The number of anilines is 1. The van der Waals surface area contributed by atoms with Gasteiger partial charge in [0.15, 0.2) is 6.17 Å². The minimum atomic E-state index is -0.893. The van der Waals surface area contributed by atoms with E-state index in [1.165, 1.54) is 0 Å². The molecule has 1 amide bonds. The number of benzodiazepines with no additional fused rings is 1. The Hall–Kier alpha value is -2.53. The fraction of sp³-hybridized carbons (Fsp3) is 0.133. The van der Waals surface area contributed by atoms with E-state index in [-0.39, 0.29) is 5.91 Å². The predicted octanol–water partition coefficient (Wildman–Crippen LogP) is 1.18. The van der Waals surface area contributed by atoms with Crippen molar-refractivity contribution < 1.29 is 4.79 Å². The third kappa shape index (κ3) is 1.98. The van der Waals surface area contributed by atoms with Crippen molar-refractivity contribution in [2.75, 3.05) is 11.9 Å². The minimum absolute atomic E-state index is 0.221. The Morgan fingerprint density at radius 2 is 1.85 bits per heavy atom. The van der Waals surface area contributed by atoms with Gasteiger partial charge in [-0.3, -0.25) is 14.8 Å². The summed E-state index contributed by atoms with van der Waals surface area (Å²) in [5.41, 5.74) is 9.19. The lowest BCUT2D eigenvalue weighted by atomic mass is 10.0. The maximum Gasteiger partial charge on any atom is 0.266 e. The highest BCUT2D eigenvalue weighted by atomic mass is 16.2. The minimum Gasteiger partial charge on any atom is -0.312 e. The Morgan fingerprint density at radius 3 is 2.60 bits per heavy atom. The number of likely N-dealkylation sites (N-methyl/N-ethyl adjacent to an activating group) is 1. The molecular weight excluding hydrogens is 252 g/mol. The van der Waals surface area contributed by atoms with Crippen molar-refractivity contribution in [3.63, 3.8) is 0 Å². The summed E-state index contributed by atoms with van der Waals surface area (Å²) < 4.78 is 0. The number of rotatable bonds is 1. The van der Waals surface area contributed by atoms with Crippen molar-refractivity contribution in [2.45, 2.75) is 6.17 Å². The van der Waals surface area contributed by atoms with Crippen molar-refractivity contribution in [1.29, 1.82) is 0 Å². The predicted molar refractivity (Wildman–Crippen MR) is 77.7 cm³/mol. The van der Waals surface area contributed by atoms with Crippen molar-refractivity contribution >= 4 is 17.3 Å². The Balaban J connectivity index is 2.24. The van der Waals surface area contributed by atoms with Gasteiger partial charge in [-0.25, -0.2) is 0 Å². The Labute approximate surface area is 116 Å². The van der Waals surface area contributed by atoms with Gasteiger partial charge in [-0.1, -0.05) is 18.2 Å². The zero-order valence-corrected chi connectivity index (χ0v) is 11.0. The van der Waals surface area contributed by atoms with E-state index < -0.39 is 6.17 Å². The molecule has 0 spiro atoms. The molecule has 5 heteroatoms. The molecule has 2 heterocycles. The van der Waals surface area contributed by atoms with Crippen LogP contribution in [0.5, 0.6) is 0 Å². The lowest BCUT2D eigenvalue weighted by molar-refractivity contribution is -0.119. The number of fused-ring (bicyclic) bond motifs is 1. The second-order valence-corrected chi connectivity index (χ2v) is 4.57. The van der Waals surface area contributed by atoms with Crippen LogP contribution >= 0.6 is 0 Å². The topological polar surface area (TPSA) is 71.6 Å². The lowest BCUT2D eigenvalue weighted by Gasteiger charge is -2.18. The number of aromatic nitrogens is 1.